The maximum atomic E-state index is 3.51. The summed E-state index contributed by atoms with van der Waals surface area (Å²) in [4.78, 5) is 2.35. The number of nitrogens with zero attached hydrogens (tertiary/aromatic N) is 1. The molecule has 0 saturated heterocycles. The quantitative estimate of drug-likeness (QED) is 0.843. The molecule has 0 atom stereocenters. The van der Waals surface area contributed by atoms with Crippen molar-refractivity contribution in [2.75, 3.05) is 20.1 Å². The van der Waals surface area contributed by atoms with E-state index in [1.807, 2.05) is 0 Å². The summed E-state index contributed by atoms with van der Waals surface area (Å²) in [5.74, 6) is 0. The number of aryl methyl sites for hydroxylation is 1. The Morgan fingerprint density at radius 1 is 1.12 bits per heavy atom. The highest BCUT2D eigenvalue weighted by Gasteiger charge is 2.08. The Bertz CT molecular complexity index is 322. The van der Waals surface area contributed by atoms with Gasteiger partial charge in [-0.15, -0.1) is 0 Å². The molecular formula is C15H26N2. The highest BCUT2D eigenvalue weighted by atomic mass is 15.1. The normalized spacial score (nSPS) is 12.1. The molecule has 2 nitrogen and oxygen atoms in total. The van der Waals surface area contributed by atoms with E-state index in [1.54, 1.807) is 0 Å². The van der Waals surface area contributed by atoms with Crippen LogP contribution in [0.4, 0.5) is 0 Å². The minimum absolute atomic E-state index is 0.213. The molecule has 1 N–H and O–H groups in total. The maximum absolute atomic E-state index is 3.51. The topological polar surface area (TPSA) is 15.3 Å². The smallest absolute Gasteiger partial charge is 0.0231 e. The van der Waals surface area contributed by atoms with Crippen LogP contribution in [0.1, 0.15) is 31.9 Å². The average Bonchev–Trinajstić information content (AvgIpc) is 2.19. The highest BCUT2D eigenvalue weighted by Crippen LogP contribution is 2.05. The van der Waals surface area contributed by atoms with Gasteiger partial charge in [0.05, 0.1) is 0 Å². The van der Waals surface area contributed by atoms with Gasteiger partial charge in [-0.3, -0.25) is 0 Å². The predicted octanol–water partition coefficient (Wildman–Crippen LogP) is 2.81. The Labute approximate surface area is 106 Å². The second kappa shape index (κ2) is 6.18. The largest absolute Gasteiger partial charge is 0.311 e. The van der Waals surface area contributed by atoms with Gasteiger partial charge < -0.3 is 10.2 Å². The van der Waals surface area contributed by atoms with E-state index in [1.165, 1.54) is 11.1 Å². The summed E-state index contributed by atoms with van der Waals surface area (Å²) in [7, 11) is 2.17. The molecule has 2 heteroatoms. The number of rotatable bonds is 5. The second-order valence-corrected chi connectivity index (χ2v) is 5.90. The van der Waals surface area contributed by atoms with E-state index in [9.17, 15) is 0 Å². The lowest BCUT2D eigenvalue weighted by atomic mass is 10.1. The van der Waals surface area contributed by atoms with Gasteiger partial charge in [-0.1, -0.05) is 29.8 Å². The molecule has 0 amide bonds. The number of benzene rings is 1. The van der Waals surface area contributed by atoms with Crippen molar-refractivity contribution in [3.63, 3.8) is 0 Å². The van der Waals surface area contributed by atoms with E-state index in [-0.39, 0.29) is 5.54 Å². The number of likely N-dealkylation sites (N-methyl/N-ethyl adjacent to an activating group) is 1. The first-order valence-electron chi connectivity index (χ1n) is 6.36. The predicted molar refractivity (Wildman–Crippen MR) is 75.3 cm³/mol. The van der Waals surface area contributed by atoms with Crippen LogP contribution in [0.3, 0.4) is 0 Å². The van der Waals surface area contributed by atoms with Crippen LogP contribution < -0.4 is 5.32 Å². The summed E-state index contributed by atoms with van der Waals surface area (Å²) in [6.07, 6.45) is 0. The Balaban J connectivity index is 2.30. The zero-order valence-corrected chi connectivity index (χ0v) is 11.9. The van der Waals surface area contributed by atoms with Crippen molar-refractivity contribution in [3.8, 4) is 0 Å². The van der Waals surface area contributed by atoms with E-state index in [2.05, 4.69) is 69.2 Å². The molecule has 0 aliphatic carbocycles. The summed E-state index contributed by atoms with van der Waals surface area (Å²) in [5.41, 5.74) is 2.92. The molecule has 0 aliphatic rings. The van der Waals surface area contributed by atoms with Crippen LogP contribution in [-0.4, -0.2) is 30.6 Å². The van der Waals surface area contributed by atoms with E-state index >= 15 is 0 Å². The summed E-state index contributed by atoms with van der Waals surface area (Å²) >= 11 is 0. The molecule has 96 valence electrons. The lowest BCUT2D eigenvalue weighted by Crippen LogP contribution is -2.40. The van der Waals surface area contributed by atoms with E-state index in [4.69, 9.17) is 0 Å². The minimum atomic E-state index is 0.213. The second-order valence-electron chi connectivity index (χ2n) is 5.90. The lowest BCUT2D eigenvalue weighted by Gasteiger charge is -2.23. The molecule has 1 rings (SSSR count). The first-order chi connectivity index (χ1) is 7.87. The van der Waals surface area contributed by atoms with Gasteiger partial charge in [-0.2, -0.15) is 0 Å². The summed E-state index contributed by atoms with van der Waals surface area (Å²) in [5, 5.41) is 3.51. The van der Waals surface area contributed by atoms with Gasteiger partial charge in [0, 0.05) is 25.2 Å². The first-order valence-corrected chi connectivity index (χ1v) is 6.36. The van der Waals surface area contributed by atoms with Crippen LogP contribution in [0, 0.1) is 6.92 Å². The summed E-state index contributed by atoms with van der Waals surface area (Å²) in [6, 6.07) is 8.78. The SMILES string of the molecule is Cc1ccc(CN(C)CCNC(C)(C)C)cc1. The van der Waals surface area contributed by atoms with Crippen molar-refractivity contribution < 1.29 is 0 Å². The van der Waals surface area contributed by atoms with Crippen LogP contribution in [0.25, 0.3) is 0 Å². The Hall–Kier alpha value is -0.860. The third-order valence-corrected chi connectivity index (χ3v) is 2.72. The van der Waals surface area contributed by atoms with Crippen LogP contribution in [0.15, 0.2) is 24.3 Å². The van der Waals surface area contributed by atoms with Crippen LogP contribution >= 0.6 is 0 Å². The van der Waals surface area contributed by atoms with Gasteiger partial charge >= 0.3 is 0 Å². The lowest BCUT2D eigenvalue weighted by molar-refractivity contribution is 0.303. The zero-order valence-electron chi connectivity index (χ0n) is 11.9. The standard InChI is InChI=1S/C15H26N2/c1-13-6-8-14(9-7-13)12-17(5)11-10-16-15(2,3)4/h6-9,16H,10-12H2,1-5H3. The maximum Gasteiger partial charge on any atom is 0.0231 e. The molecule has 0 aromatic heterocycles. The third kappa shape index (κ3) is 6.44. The van der Waals surface area contributed by atoms with Crippen molar-refractivity contribution in [2.24, 2.45) is 0 Å². The van der Waals surface area contributed by atoms with Gasteiger partial charge in [-0.25, -0.2) is 0 Å². The molecule has 0 aliphatic heterocycles. The van der Waals surface area contributed by atoms with Gasteiger partial charge in [0.1, 0.15) is 0 Å². The fraction of sp³-hybridized carbons (Fsp3) is 0.600. The van der Waals surface area contributed by atoms with Gasteiger partial charge in [0.15, 0.2) is 0 Å². The van der Waals surface area contributed by atoms with E-state index in [0.717, 1.165) is 19.6 Å². The Kier molecular flexibility index (Phi) is 5.16. The van der Waals surface area contributed by atoms with Crippen LogP contribution in [0.2, 0.25) is 0 Å². The van der Waals surface area contributed by atoms with Crippen LogP contribution in [-0.2, 0) is 6.54 Å². The van der Waals surface area contributed by atoms with Crippen molar-refractivity contribution in [1.82, 2.24) is 10.2 Å². The molecule has 0 saturated carbocycles. The van der Waals surface area contributed by atoms with Crippen molar-refractivity contribution in [1.29, 1.82) is 0 Å². The van der Waals surface area contributed by atoms with Crippen molar-refractivity contribution in [3.05, 3.63) is 35.4 Å². The molecule has 1 aromatic carbocycles. The highest BCUT2D eigenvalue weighted by molar-refractivity contribution is 5.21. The van der Waals surface area contributed by atoms with Crippen LogP contribution in [0.5, 0.6) is 0 Å². The van der Waals surface area contributed by atoms with E-state index in [0.29, 0.717) is 0 Å². The fourth-order valence-corrected chi connectivity index (χ4v) is 1.71. The Morgan fingerprint density at radius 3 is 2.24 bits per heavy atom. The molecular weight excluding hydrogens is 208 g/mol. The van der Waals surface area contributed by atoms with Crippen molar-refractivity contribution in [2.45, 2.75) is 39.8 Å². The number of nitrogens with one attached hydrogen (secondary N) is 1. The Morgan fingerprint density at radius 2 is 1.71 bits per heavy atom. The molecule has 0 radical (unpaired) electrons. The van der Waals surface area contributed by atoms with Gasteiger partial charge in [0.25, 0.3) is 0 Å². The molecule has 0 spiro atoms. The monoisotopic (exact) mass is 234 g/mol. The molecule has 1 aromatic rings. The van der Waals surface area contributed by atoms with E-state index < -0.39 is 0 Å². The van der Waals surface area contributed by atoms with Gasteiger partial charge in [-0.05, 0) is 40.3 Å². The van der Waals surface area contributed by atoms with Gasteiger partial charge in [0.2, 0.25) is 0 Å². The third-order valence-electron chi connectivity index (χ3n) is 2.72. The molecule has 0 unspecified atom stereocenters. The first kappa shape index (κ1) is 14.2. The summed E-state index contributed by atoms with van der Waals surface area (Å²) < 4.78 is 0. The minimum Gasteiger partial charge on any atom is -0.311 e. The average molecular weight is 234 g/mol. The van der Waals surface area contributed by atoms with Crippen molar-refractivity contribution >= 4 is 0 Å². The summed E-state index contributed by atoms with van der Waals surface area (Å²) in [6.45, 7) is 11.9. The zero-order chi connectivity index (χ0) is 12.9. The number of hydrogen-bond acceptors (Lipinski definition) is 2. The molecule has 0 fully saturated rings. The number of hydrogen-bond donors (Lipinski definition) is 1. The molecule has 17 heavy (non-hydrogen) atoms. The molecule has 0 bridgehead atoms. The molecule has 0 heterocycles. The fourth-order valence-electron chi connectivity index (χ4n) is 1.71.